The molecule has 0 aliphatic carbocycles. The monoisotopic (exact) mass is 624 g/mol. The van der Waals surface area contributed by atoms with Gasteiger partial charge in [-0.05, 0) is 70.8 Å². The van der Waals surface area contributed by atoms with E-state index in [0.29, 0.717) is 13.2 Å². The van der Waals surface area contributed by atoms with Crippen molar-refractivity contribution in [1.82, 2.24) is 40.4 Å². The van der Waals surface area contributed by atoms with Gasteiger partial charge in [-0.3, -0.25) is 9.59 Å². The zero-order chi connectivity index (χ0) is 30.0. The average Bonchev–Trinajstić information content (AvgIpc) is 3.70. The lowest BCUT2D eigenvalue weighted by Crippen LogP contribution is -2.15. The Balaban J connectivity index is 0.941. The Bertz CT molecular complexity index is 1270. The van der Waals surface area contributed by atoms with Gasteiger partial charge in [0.1, 0.15) is 6.42 Å². The van der Waals surface area contributed by atoms with Crippen LogP contribution in [-0.2, 0) is 19.1 Å². The van der Waals surface area contributed by atoms with E-state index in [1.807, 2.05) is 60.7 Å². The van der Waals surface area contributed by atoms with Gasteiger partial charge in [0.15, 0.2) is 0 Å². The zero-order valence-corrected chi connectivity index (χ0v) is 25.6. The molecule has 0 N–H and O–H groups in total. The Kier molecular flexibility index (Phi) is 14.0. The first kappa shape index (κ1) is 32.1. The van der Waals surface area contributed by atoms with Crippen LogP contribution in [-0.4, -0.2) is 77.1 Å². The van der Waals surface area contributed by atoms with Crippen LogP contribution in [0.2, 0.25) is 0 Å². The predicted molar refractivity (Wildman–Crippen MR) is 163 cm³/mol. The van der Waals surface area contributed by atoms with E-state index in [4.69, 9.17) is 9.47 Å². The highest BCUT2D eigenvalue weighted by Crippen LogP contribution is 2.21. The normalized spacial score (nSPS) is 11.0. The van der Waals surface area contributed by atoms with Crippen LogP contribution in [0, 0.1) is 0 Å². The second-order valence-corrected chi connectivity index (χ2v) is 11.7. The summed E-state index contributed by atoms with van der Waals surface area (Å²) in [6, 6.07) is 19.6. The predicted octanol–water partition coefficient (Wildman–Crippen LogP) is 5.12. The summed E-state index contributed by atoms with van der Waals surface area (Å²) in [7, 11) is 0. The highest BCUT2D eigenvalue weighted by molar-refractivity contribution is 7.99. The van der Waals surface area contributed by atoms with Gasteiger partial charge in [0, 0.05) is 11.5 Å². The van der Waals surface area contributed by atoms with Crippen molar-refractivity contribution >= 4 is 35.5 Å². The lowest BCUT2D eigenvalue weighted by molar-refractivity contribution is -0.154. The third-order valence-corrected chi connectivity index (χ3v) is 8.25. The van der Waals surface area contributed by atoms with E-state index in [1.165, 1.54) is 0 Å². The number of para-hydroxylation sites is 2. The van der Waals surface area contributed by atoms with E-state index in [2.05, 4.69) is 31.1 Å². The van der Waals surface area contributed by atoms with Gasteiger partial charge in [0.25, 0.3) is 0 Å². The number of rotatable bonds is 20. The summed E-state index contributed by atoms with van der Waals surface area (Å²) < 4.78 is 13.8. The van der Waals surface area contributed by atoms with Crippen molar-refractivity contribution in [1.29, 1.82) is 0 Å². The van der Waals surface area contributed by atoms with Gasteiger partial charge in [-0.15, -0.1) is 10.2 Å². The number of hydrogen-bond acceptors (Lipinski definition) is 12. The maximum absolute atomic E-state index is 11.9. The topological polar surface area (TPSA) is 140 Å². The minimum Gasteiger partial charge on any atom is -0.465 e. The van der Waals surface area contributed by atoms with E-state index < -0.39 is 11.9 Å². The molecule has 0 saturated carbocycles. The van der Waals surface area contributed by atoms with Crippen LogP contribution in [0.4, 0.5) is 0 Å². The van der Waals surface area contributed by atoms with Crippen molar-refractivity contribution in [2.45, 2.75) is 68.1 Å². The number of tetrazole rings is 2. The smallest absolute Gasteiger partial charge is 0.317 e. The molecular formula is C29H36N8O4S2. The highest BCUT2D eigenvalue weighted by atomic mass is 32.2. The molecule has 228 valence electrons. The molecule has 12 nitrogen and oxygen atoms in total. The average molecular weight is 625 g/mol. The molecule has 0 bridgehead atoms. The minimum atomic E-state index is -0.539. The second kappa shape index (κ2) is 18.7. The van der Waals surface area contributed by atoms with Crippen molar-refractivity contribution in [3.63, 3.8) is 0 Å². The molecular weight excluding hydrogens is 589 g/mol. The third-order valence-electron chi connectivity index (χ3n) is 6.24. The van der Waals surface area contributed by atoms with Crippen molar-refractivity contribution in [3.8, 4) is 11.4 Å². The van der Waals surface area contributed by atoms with Crippen LogP contribution in [0.3, 0.4) is 0 Å². The van der Waals surface area contributed by atoms with Gasteiger partial charge < -0.3 is 9.47 Å². The van der Waals surface area contributed by atoms with Crippen LogP contribution in [0.5, 0.6) is 0 Å². The number of nitrogens with zero attached hydrogens (tertiary/aromatic N) is 8. The van der Waals surface area contributed by atoms with Gasteiger partial charge in [-0.1, -0.05) is 85.6 Å². The molecule has 0 atom stereocenters. The third kappa shape index (κ3) is 11.4. The number of carbonyl (C=O) groups excluding carboxylic acids is 2. The maximum Gasteiger partial charge on any atom is 0.317 e. The number of unbranched alkanes of at least 4 members (excludes halogenated alkanes) is 6. The van der Waals surface area contributed by atoms with E-state index in [-0.39, 0.29) is 6.42 Å². The Morgan fingerprint density at radius 1 is 0.581 bits per heavy atom. The van der Waals surface area contributed by atoms with E-state index >= 15 is 0 Å². The largest absolute Gasteiger partial charge is 0.465 e. The van der Waals surface area contributed by atoms with Crippen LogP contribution in [0.25, 0.3) is 11.4 Å². The van der Waals surface area contributed by atoms with Crippen molar-refractivity contribution in [2.75, 3.05) is 24.7 Å². The number of carbonyl (C=O) groups is 2. The minimum absolute atomic E-state index is 0.307. The number of benzene rings is 2. The number of ether oxygens (including phenoxy) is 2. The van der Waals surface area contributed by atoms with E-state index in [0.717, 1.165) is 84.6 Å². The van der Waals surface area contributed by atoms with Crippen molar-refractivity contribution in [2.24, 2.45) is 0 Å². The quantitative estimate of drug-likeness (QED) is 0.0558. The molecule has 43 heavy (non-hydrogen) atoms. The van der Waals surface area contributed by atoms with Crippen LogP contribution in [0.15, 0.2) is 71.0 Å². The van der Waals surface area contributed by atoms with Gasteiger partial charge >= 0.3 is 11.9 Å². The molecule has 0 fully saturated rings. The molecule has 4 aromatic rings. The molecule has 0 spiro atoms. The van der Waals surface area contributed by atoms with Crippen LogP contribution < -0.4 is 0 Å². The van der Waals surface area contributed by atoms with Gasteiger partial charge in [-0.25, -0.2) is 0 Å². The Morgan fingerprint density at radius 2 is 1.00 bits per heavy atom. The standard InChI is InChI=1S/C29H36N8O4S2/c38-26(40-19-11-1-3-13-21-42-28-30-32-34-36(28)24-15-7-5-8-16-24)23-27(39)41-20-12-2-4-14-22-43-29-31-33-35-37(29)25-17-9-6-10-18-25/h5-10,15-18H,1-4,11-14,19-23H2. The first-order valence-electron chi connectivity index (χ1n) is 14.4. The molecule has 0 aliphatic rings. The summed E-state index contributed by atoms with van der Waals surface area (Å²) in [4.78, 5) is 23.8. The van der Waals surface area contributed by atoms with Gasteiger partial charge in [0.05, 0.1) is 24.6 Å². The van der Waals surface area contributed by atoms with E-state index in [1.54, 1.807) is 32.9 Å². The van der Waals surface area contributed by atoms with Crippen molar-refractivity contribution in [3.05, 3.63) is 60.7 Å². The lowest BCUT2D eigenvalue weighted by Gasteiger charge is -2.07. The SMILES string of the molecule is O=C(CC(=O)OCCCCCCSc1nnnn1-c1ccccc1)OCCCCCCSc1nnnn1-c1ccccc1. The number of esters is 2. The molecule has 2 aromatic heterocycles. The first-order valence-corrected chi connectivity index (χ1v) is 16.4. The first-order chi connectivity index (χ1) is 21.2. The summed E-state index contributed by atoms with van der Waals surface area (Å²) in [6.07, 6.45) is 7.04. The molecule has 0 aliphatic heterocycles. The number of hydrogen-bond donors (Lipinski definition) is 0. The maximum atomic E-state index is 11.9. The molecule has 0 unspecified atom stereocenters. The Morgan fingerprint density at radius 3 is 1.44 bits per heavy atom. The summed E-state index contributed by atoms with van der Waals surface area (Å²) in [5.41, 5.74) is 1.87. The van der Waals surface area contributed by atoms with Gasteiger partial charge in [0.2, 0.25) is 10.3 Å². The number of aromatic nitrogens is 8. The Hall–Kier alpha value is -3.78. The zero-order valence-electron chi connectivity index (χ0n) is 24.0. The van der Waals surface area contributed by atoms with Crippen LogP contribution in [0.1, 0.15) is 57.8 Å². The Labute approximate surface area is 259 Å². The molecule has 14 heteroatoms. The highest BCUT2D eigenvalue weighted by Gasteiger charge is 2.12. The number of thioether (sulfide) groups is 2. The lowest BCUT2D eigenvalue weighted by atomic mass is 10.2. The van der Waals surface area contributed by atoms with Gasteiger partial charge in [-0.2, -0.15) is 9.36 Å². The summed E-state index contributed by atoms with van der Waals surface area (Å²) in [5, 5.41) is 25.4. The van der Waals surface area contributed by atoms with Crippen molar-refractivity contribution < 1.29 is 19.1 Å². The molecule has 2 heterocycles. The summed E-state index contributed by atoms with van der Waals surface area (Å²) in [5.74, 6) is 0.717. The fraction of sp³-hybridized carbons (Fsp3) is 0.448. The summed E-state index contributed by atoms with van der Waals surface area (Å²) >= 11 is 3.24. The molecule has 4 rings (SSSR count). The molecule has 0 radical (unpaired) electrons. The fourth-order valence-corrected chi connectivity index (χ4v) is 5.81. The van der Waals surface area contributed by atoms with E-state index in [9.17, 15) is 9.59 Å². The van der Waals surface area contributed by atoms with Crippen LogP contribution >= 0.6 is 23.5 Å². The second-order valence-electron chi connectivity index (χ2n) is 9.56. The fourth-order valence-electron chi connectivity index (χ4n) is 4.03. The molecule has 0 amide bonds. The molecule has 2 aromatic carbocycles. The molecule has 0 saturated heterocycles. The summed E-state index contributed by atoms with van der Waals surface area (Å²) in [6.45, 7) is 0.614.